The van der Waals surface area contributed by atoms with E-state index in [4.69, 9.17) is 11.6 Å². The van der Waals surface area contributed by atoms with Crippen molar-refractivity contribution in [3.63, 3.8) is 0 Å². The van der Waals surface area contributed by atoms with E-state index in [-0.39, 0.29) is 11.7 Å². The van der Waals surface area contributed by atoms with Crippen LogP contribution in [-0.2, 0) is 12.8 Å². The molecule has 0 amide bonds. The Hall–Kier alpha value is -0.930. The third kappa shape index (κ3) is 4.59. The number of halogens is 3. The van der Waals surface area contributed by atoms with Crippen molar-refractivity contribution in [1.29, 1.82) is 0 Å². The summed E-state index contributed by atoms with van der Waals surface area (Å²) in [4.78, 5) is 4.35. The van der Waals surface area contributed by atoms with Crippen LogP contribution in [0.4, 0.5) is 4.39 Å². The Bertz CT molecular complexity index is 530. The normalized spacial score (nSPS) is 12.4. The lowest BCUT2D eigenvalue weighted by atomic mass is 9.96. The Kier molecular flexibility index (Phi) is 5.34. The van der Waals surface area contributed by atoms with Gasteiger partial charge in [0.15, 0.2) is 0 Å². The molecule has 0 radical (unpaired) electrons. The van der Waals surface area contributed by atoms with Crippen molar-refractivity contribution in [2.75, 3.05) is 5.88 Å². The molecule has 0 saturated heterocycles. The van der Waals surface area contributed by atoms with Crippen LogP contribution in [0.1, 0.15) is 11.3 Å². The predicted molar refractivity (Wildman–Crippen MR) is 80.0 cm³/mol. The van der Waals surface area contributed by atoms with Crippen molar-refractivity contribution in [2.24, 2.45) is 5.92 Å². The van der Waals surface area contributed by atoms with Gasteiger partial charge in [-0.15, -0.1) is 11.6 Å². The molecular formula is C15H14BrClFN. The summed E-state index contributed by atoms with van der Waals surface area (Å²) in [5, 5.41) is 0. The first-order chi connectivity index (χ1) is 9.17. The van der Waals surface area contributed by atoms with E-state index in [0.29, 0.717) is 5.88 Å². The average molecular weight is 343 g/mol. The number of nitrogens with zero attached hydrogens (tertiary/aromatic N) is 1. The van der Waals surface area contributed by atoms with E-state index in [9.17, 15) is 4.39 Å². The van der Waals surface area contributed by atoms with Crippen LogP contribution in [0.2, 0.25) is 0 Å². The average Bonchev–Trinajstić information content (AvgIpc) is 2.40. The van der Waals surface area contributed by atoms with Gasteiger partial charge in [-0.25, -0.2) is 4.39 Å². The molecule has 0 aliphatic heterocycles. The van der Waals surface area contributed by atoms with Crippen molar-refractivity contribution < 1.29 is 4.39 Å². The summed E-state index contributed by atoms with van der Waals surface area (Å²) in [6.45, 7) is 0. The second-order valence-corrected chi connectivity index (χ2v) is 5.75. The molecule has 0 aliphatic carbocycles. The minimum absolute atomic E-state index is 0.201. The SMILES string of the molecule is Fc1cccc(CC(CCl)Cc2ccc(Br)cn2)c1. The van der Waals surface area contributed by atoms with Gasteiger partial charge in [0.25, 0.3) is 0 Å². The summed E-state index contributed by atoms with van der Waals surface area (Å²) >= 11 is 9.37. The molecule has 2 aromatic rings. The largest absolute Gasteiger partial charge is 0.260 e. The molecule has 1 unspecified atom stereocenters. The van der Waals surface area contributed by atoms with Gasteiger partial charge in [0, 0.05) is 22.2 Å². The Morgan fingerprint density at radius 3 is 2.68 bits per heavy atom. The second kappa shape index (κ2) is 7.01. The van der Waals surface area contributed by atoms with Gasteiger partial charge in [-0.3, -0.25) is 4.98 Å². The van der Waals surface area contributed by atoms with E-state index in [2.05, 4.69) is 20.9 Å². The van der Waals surface area contributed by atoms with E-state index in [1.54, 1.807) is 18.3 Å². The molecule has 1 aromatic heterocycles. The van der Waals surface area contributed by atoms with Gasteiger partial charge in [-0.1, -0.05) is 12.1 Å². The lowest BCUT2D eigenvalue weighted by Crippen LogP contribution is -2.11. The number of alkyl halides is 1. The Morgan fingerprint density at radius 1 is 1.21 bits per heavy atom. The number of rotatable bonds is 5. The molecule has 0 aliphatic rings. The van der Waals surface area contributed by atoms with Gasteiger partial charge >= 0.3 is 0 Å². The zero-order valence-corrected chi connectivity index (χ0v) is 12.7. The third-order valence-electron chi connectivity index (χ3n) is 2.92. The quantitative estimate of drug-likeness (QED) is 0.722. The minimum atomic E-state index is -0.201. The van der Waals surface area contributed by atoms with Crippen LogP contribution in [0, 0.1) is 11.7 Å². The Morgan fingerprint density at radius 2 is 2.05 bits per heavy atom. The molecule has 0 N–H and O–H groups in total. The van der Waals surface area contributed by atoms with Crippen LogP contribution in [0.3, 0.4) is 0 Å². The molecule has 0 spiro atoms. The molecule has 2 rings (SSSR count). The maximum atomic E-state index is 13.1. The first kappa shape index (κ1) is 14.5. The topological polar surface area (TPSA) is 12.9 Å². The molecule has 4 heteroatoms. The number of aromatic nitrogens is 1. The van der Waals surface area contributed by atoms with Crippen molar-refractivity contribution in [1.82, 2.24) is 4.98 Å². The highest BCUT2D eigenvalue weighted by Gasteiger charge is 2.11. The third-order valence-corrected chi connectivity index (χ3v) is 3.82. The Balaban J connectivity index is 2.02. The van der Waals surface area contributed by atoms with Crippen molar-refractivity contribution in [3.05, 3.63) is 64.1 Å². The smallest absolute Gasteiger partial charge is 0.123 e. The molecule has 0 fully saturated rings. The van der Waals surface area contributed by atoms with Crippen LogP contribution in [0.25, 0.3) is 0 Å². The number of benzene rings is 1. The molecule has 1 nitrogen and oxygen atoms in total. The summed E-state index contributed by atoms with van der Waals surface area (Å²) < 4.78 is 14.1. The second-order valence-electron chi connectivity index (χ2n) is 4.53. The monoisotopic (exact) mass is 341 g/mol. The fraction of sp³-hybridized carbons (Fsp3) is 0.267. The van der Waals surface area contributed by atoms with Crippen LogP contribution < -0.4 is 0 Å². The van der Waals surface area contributed by atoms with Crippen molar-refractivity contribution in [2.45, 2.75) is 12.8 Å². The van der Waals surface area contributed by atoms with E-state index in [1.165, 1.54) is 6.07 Å². The minimum Gasteiger partial charge on any atom is -0.260 e. The van der Waals surface area contributed by atoms with E-state index >= 15 is 0 Å². The molecule has 0 bridgehead atoms. The summed E-state index contributed by atoms with van der Waals surface area (Å²) in [7, 11) is 0. The first-order valence-electron chi connectivity index (χ1n) is 6.08. The number of pyridine rings is 1. The molecule has 100 valence electrons. The summed E-state index contributed by atoms with van der Waals surface area (Å²) in [6.07, 6.45) is 3.34. The van der Waals surface area contributed by atoms with Gasteiger partial charge < -0.3 is 0 Å². The van der Waals surface area contributed by atoms with E-state index in [1.807, 2.05) is 18.2 Å². The maximum Gasteiger partial charge on any atom is 0.123 e. The van der Waals surface area contributed by atoms with Crippen molar-refractivity contribution in [3.8, 4) is 0 Å². The predicted octanol–water partition coefficient (Wildman–Crippen LogP) is 4.62. The van der Waals surface area contributed by atoms with Gasteiger partial charge in [0.2, 0.25) is 0 Å². The molecule has 0 saturated carbocycles. The molecular weight excluding hydrogens is 329 g/mol. The maximum absolute atomic E-state index is 13.1. The van der Waals surface area contributed by atoms with E-state index in [0.717, 1.165) is 28.6 Å². The van der Waals surface area contributed by atoms with Crippen molar-refractivity contribution >= 4 is 27.5 Å². The summed E-state index contributed by atoms with van der Waals surface area (Å²) in [6, 6.07) is 10.6. The zero-order valence-electron chi connectivity index (χ0n) is 10.3. The van der Waals surface area contributed by atoms with Gasteiger partial charge in [-0.05, 0) is 64.5 Å². The van der Waals surface area contributed by atoms with Gasteiger partial charge in [0.05, 0.1) is 0 Å². The Labute approximate surface area is 126 Å². The van der Waals surface area contributed by atoms with Crippen LogP contribution in [0.15, 0.2) is 47.1 Å². The van der Waals surface area contributed by atoms with Crippen LogP contribution in [0.5, 0.6) is 0 Å². The fourth-order valence-electron chi connectivity index (χ4n) is 2.00. The zero-order chi connectivity index (χ0) is 13.7. The summed E-state index contributed by atoms with van der Waals surface area (Å²) in [5.41, 5.74) is 1.98. The first-order valence-corrected chi connectivity index (χ1v) is 7.41. The van der Waals surface area contributed by atoms with Gasteiger partial charge in [-0.2, -0.15) is 0 Å². The highest BCUT2D eigenvalue weighted by Crippen LogP contribution is 2.17. The van der Waals surface area contributed by atoms with Crippen LogP contribution >= 0.6 is 27.5 Å². The number of hydrogen-bond acceptors (Lipinski definition) is 1. The van der Waals surface area contributed by atoms with E-state index < -0.39 is 0 Å². The van der Waals surface area contributed by atoms with Gasteiger partial charge in [0.1, 0.15) is 5.82 Å². The standard InChI is InChI=1S/C15H14BrClFN/c16-13-4-5-15(19-10-13)8-12(9-17)6-11-2-1-3-14(18)7-11/h1-5,7,10,12H,6,8-9H2. The lowest BCUT2D eigenvalue weighted by Gasteiger charge is -2.13. The highest BCUT2D eigenvalue weighted by molar-refractivity contribution is 9.10. The summed E-state index contributed by atoms with van der Waals surface area (Å²) in [5.74, 6) is 0.596. The fourth-order valence-corrected chi connectivity index (χ4v) is 2.45. The molecule has 1 heterocycles. The lowest BCUT2D eigenvalue weighted by molar-refractivity contribution is 0.569. The molecule has 1 aromatic carbocycles. The number of hydrogen-bond donors (Lipinski definition) is 0. The highest BCUT2D eigenvalue weighted by atomic mass is 79.9. The molecule has 19 heavy (non-hydrogen) atoms. The molecule has 1 atom stereocenters. The van der Waals surface area contributed by atoms with Crippen LogP contribution in [-0.4, -0.2) is 10.9 Å².